The van der Waals surface area contributed by atoms with Crippen LogP contribution in [-0.2, 0) is 5.41 Å². The maximum absolute atomic E-state index is 5.30. The molecule has 0 saturated heterocycles. The van der Waals surface area contributed by atoms with E-state index in [1.165, 1.54) is 63.3 Å². The molecule has 51 heavy (non-hydrogen) atoms. The molecule has 2 aliphatic rings. The first kappa shape index (κ1) is 28.9. The molecule has 0 atom stereocenters. The molecule has 1 aliphatic carbocycles. The molecule has 0 bridgehead atoms. The molecule has 0 fully saturated rings. The largest absolute Gasteiger partial charge is 0.208 e. The highest BCUT2D eigenvalue weighted by Crippen LogP contribution is 2.64. The second kappa shape index (κ2) is 11.1. The van der Waals surface area contributed by atoms with Crippen LogP contribution in [0.25, 0.3) is 65.5 Å². The van der Waals surface area contributed by atoms with Crippen molar-refractivity contribution in [1.82, 2.24) is 15.0 Å². The van der Waals surface area contributed by atoms with E-state index in [1.54, 1.807) is 0 Å². The molecule has 11 rings (SSSR count). The summed E-state index contributed by atoms with van der Waals surface area (Å²) in [5, 5.41) is 2.53. The lowest BCUT2D eigenvalue weighted by molar-refractivity contribution is 0.723. The molecule has 0 amide bonds. The van der Waals surface area contributed by atoms with Crippen molar-refractivity contribution in [3.8, 4) is 45.3 Å². The van der Waals surface area contributed by atoms with Crippen LogP contribution in [-0.4, -0.2) is 15.0 Å². The highest BCUT2D eigenvalue weighted by Gasteiger charge is 2.51. The standard InChI is InChI=1S/C46H27N3S2/c1-3-15-28(16-4-1)43-47-44(29-17-5-2-6-18-29)49-45(48-43)32-27-36-40(41-31-20-8-12-24-37(31)51-42(32)41)30-19-7-9-21-33(30)46(36)34-22-10-13-25-38(34)50-39-26-14-11-23-35(39)46/h1-27H. The van der Waals surface area contributed by atoms with E-state index in [9.17, 15) is 0 Å². The van der Waals surface area contributed by atoms with Crippen LogP contribution < -0.4 is 0 Å². The molecule has 5 heteroatoms. The summed E-state index contributed by atoms with van der Waals surface area (Å²) in [6.45, 7) is 0. The lowest BCUT2D eigenvalue weighted by Gasteiger charge is -2.39. The lowest BCUT2D eigenvalue weighted by Crippen LogP contribution is -2.32. The first-order chi connectivity index (χ1) is 25.3. The SMILES string of the molecule is c1ccc(-c2nc(-c3ccccc3)nc(-c3cc4c(c5c3sc3ccccc35)-c3ccccc3C43c4ccccc4Sc4ccccc43)n2)cc1. The van der Waals surface area contributed by atoms with Gasteiger partial charge in [-0.15, -0.1) is 11.3 Å². The van der Waals surface area contributed by atoms with Gasteiger partial charge in [-0.3, -0.25) is 0 Å². The number of rotatable bonds is 3. The van der Waals surface area contributed by atoms with E-state index in [4.69, 9.17) is 15.0 Å². The van der Waals surface area contributed by atoms with Crippen LogP contribution in [0.3, 0.4) is 0 Å². The molecular formula is C46H27N3S2. The maximum Gasteiger partial charge on any atom is 0.165 e. The van der Waals surface area contributed by atoms with E-state index in [-0.39, 0.29) is 0 Å². The first-order valence-electron chi connectivity index (χ1n) is 17.1. The third kappa shape index (κ3) is 4.10. The second-order valence-corrected chi connectivity index (χ2v) is 15.2. The van der Waals surface area contributed by atoms with E-state index in [0.717, 1.165) is 16.7 Å². The van der Waals surface area contributed by atoms with Crippen molar-refractivity contribution in [1.29, 1.82) is 0 Å². The summed E-state index contributed by atoms with van der Waals surface area (Å²) < 4.78 is 2.44. The highest BCUT2D eigenvalue weighted by atomic mass is 32.2. The van der Waals surface area contributed by atoms with Crippen molar-refractivity contribution < 1.29 is 0 Å². The Bertz CT molecular complexity index is 2740. The number of fused-ring (bicyclic) bond motifs is 13. The summed E-state index contributed by atoms with van der Waals surface area (Å²) in [7, 11) is 0. The molecule has 7 aromatic carbocycles. The van der Waals surface area contributed by atoms with Crippen LogP contribution in [0.1, 0.15) is 22.3 Å². The van der Waals surface area contributed by atoms with Crippen LogP contribution in [0.15, 0.2) is 174 Å². The van der Waals surface area contributed by atoms with Gasteiger partial charge in [0.15, 0.2) is 17.5 Å². The number of hydrogen-bond acceptors (Lipinski definition) is 5. The summed E-state index contributed by atoms with van der Waals surface area (Å²) >= 11 is 3.70. The Morgan fingerprint density at radius 1 is 0.431 bits per heavy atom. The van der Waals surface area contributed by atoms with Gasteiger partial charge in [-0.25, -0.2) is 15.0 Å². The predicted octanol–water partition coefficient (Wildman–Crippen LogP) is 12.1. The number of thiophene rings is 1. The van der Waals surface area contributed by atoms with Gasteiger partial charge in [0.1, 0.15) is 0 Å². The normalized spacial score (nSPS) is 13.6. The third-order valence-electron chi connectivity index (χ3n) is 10.4. The van der Waals surface area contributed by atoms with Gasteiger partial charge in [-0.05, 0) is 57.6 Å². The van der Waals surface area contributed by atoms with Crippen LogP contribution in [0.4, 0.5) is 0 Å². The number of benzene rings is 7. The molecule has 2 aromatic heterocycles. The molecule has 0 radical (unpaired) electrons. The van der Waals surface area contributed by atoms with E-state index in [0.29, 0.717) is 17.5 Å². The fourth-order valence-electron chi connectivity index (χ4n) is 8.32. The van der Waals surface area contributed by atoms with E-state index in [2.05, 4.69) is 127 Å². The summed E-state index contributed by atoms with van der Waals surface area (Å²) in [6, 6.07) is 58.8. The van der Waals surface area contributed by atoms with Gasteiger partial charge in [0.05, 0.1) is 5.41 Å². The molecule has 0 saturated carbocycles. The minimum Gasteiger partial charge on any atom is -0.208 e. The minimum atomic E-state index is -0.520. The Balaban J connectivity index is 1.32. The highest BCUT2D eigenvalue weighted by molar-refractivity contribution is 7.99. The Morgan fingerprint density at radius 3 is 1.63 bits per heavy atom. The average Bonchev–Trinajstić information content (AvgIpc) is 3.72. The zero-order valence-corrected chi connectivity index (χ0v) is 28.9. The molecular weight excluding hydrogens is 659 g/mol. The van der Waals surface area contributed by atoms with Crippen LogP contribution in [0.5, 0.6) is 0 Å². The van der Waals surface area contributed by atoms with Crippen molar-refractivity contribution in [2.24, 2.45) is 0 Å². The summed E-state index contributed by atoms with van der Waals surface area (Å²) in [6.07, 6.45) is 0. The Kier molecular flexibility index (Phi) is 6.27. The molecule has 3 heterocycles. The second-order valence-electron chi connectivity index (χ2n) is 13.1. The Hall–Kier alpha value is -5.88. The van der Waals surface area contributed by atoms with E-state index in [1.807, 2.05) is 59.5 Å². The predicted molar refractivity (Wildman–Crippen MR) is 210 cm³/mol. The fourth-order valence-corrected chi connectivity index (χ4v) is 10.7. The van der Waals surface area contributed by atoms with Gasteiger partial charge >= 0.3 is 0 Å². The van der Waals surface area contributed by atoms with Crippen molar-refractivity contribution in [3.05, 3.63) is 186 Å². The molecule has 3 nitrogen and oxygen atoms in total. The van der Waals surface area contributed by atoms with Crippen molar-refractivity contribution in [2.45, 2.75) is 15.2 Å². The molecule has 1 aliphatic heterocycles. The zero-order chi connectivity index (χ0) is 33.5. The van der Waals surface area contributed by atoms with Gasteiger partial charge in [-0.1, -0.05) is 151 Å². The average molecular weight is 686 g/mol. The van der Waals surface area contributed by atoms with Gasteiger partial charge < -0.3 is 0 Å². The van der Waals surface area contributed by atoms with Gasteiger partial charge in [0.2, 0.25) is 0 Å². The molecule has 238 valence electrons. The van der Waals surface area contributed by atoms with E-state index < -0.39 is 5.41 Å². The van der Waals surface area contributed by atoms with Crippen molar-refractivity contribution in [3.63, 3.8) is 0 Å². The molecule has 9 aromatic rings. The van der Waals surface area contributed by atoms with Gasteiger partial charge in [-0.2, -0.15) is 0 Å². The summed E-state index contributed by atoms with van der Waals surface area (Å²) in [5.74, 6) is 2.01. The third-order valence-corrected chi connectivity index (χ3v) is 12.8. The van der Waals surface area contributed by atoms with Crippen LogP contribution in [0.2, 0.25) is 0 Å². The molecule has 1 spiro atoms. The quantitative estimate of drug-likeness (QED) is 0.186. The monoisotopic (exact) mass is 685 g/mol. The Labute approximate surface area is 303 Å². The Morgan fingerprint density at radius 2 is 0.961 bits per heavy atom. The first-order valence-corrected chi connectivity index (χ1v) is 18.7. The number of nitrogens with zero attached hydrogens (tertiary/aromatic N) is 3. The van der Waals surface area contributed by atoms with Crippen LogP contribution in [0, 0.1) is 0 Å². The smallest absolute Gasteiger partial charge is 0.165 e. The minimum absolute atomic E-state index is 0.520. The topological polar surface area (TPSA) is 38.7 Å². The molecule has 0 unspecified atom stereocenters. The van der Waals surface area contributed by atoms with Crippen molar-refractivity contribution in [2.75, 3.05) is 0 Å². The maximum atomic E-state index is 5.30. The fraction of sp³-hybridized carbons (Fsp3) is 0.0217. The van der Waals surface area contributed by atoms with Gasteiger partial charge in [0.25, 0.3) is 0 Å². The zero-order valence-electron chi connectivity index (χ0n) is 27.2. The van der Waals surface area contributed by atoms with Gasteiger partial charge in [0, 0.05) is 46.7 Å². The van der Waals surface area contributed by atoms with E-state index >= 15 is 0 Å². The lowest BCUT2D eigenvalue weighted by atomic mass is 9.67. The summed E-state index contributed by atoms with van der Waals surface area (Å²) in [5.41, 5.74) is 10.2. The summed E-state index contributed by atoms with van der Waals surface area (Å²) in [4.78, 5) is 18.2. The number of hydrogen-bond donors (Lipinski definition) is 0. The van der Waals surface area contributed by atoms with Crippen LogP contribution >= 0.6 is 23.1 Å². The van der Waals surface area contributed by atoms with Crippen molar-refractivity contribution >= 4 is 43.3 Å². The molecule has 0 N–H and O–H groups in total. The number of aromatic nitrogens is 3.